The molecule has 4 nitrogen and oxygen atoms in total. The number of rotatable bonds is 5. The molecule has 24 heavy (non-hydrogen) atoms. The molecular formula is C18H18Cl2N2O2. The molecular weight excluding hydrogens is 347 g/mol. The Morgan fingerprint density at radius 3 is 2.38 bits per heavy atom. The third kappa shape index (κ3) is 4.73. The molecule has 0 radical (unpaired) electrons. The van der Waals surface area contributed by atoms with Gasteiger partial charge in [-0.05, 0) is 36.8 Å². The van der Waals surface area contributed by atoms with Crippen molar-refractivity contribution >= 4 is 35.0 Å². The molecule has 1 N–H and O–H groups in total. The Bertz CT molecular complexity index is 735. The predicted molar refractivity (Wildman–Crippen MR) is 96.3 cm³/mol. The summed E-state index contributed by atoms with van der Waals surface area (Å²) in [5.41, 5.74) is 1.38. The Morgan fingerprint density at radius 1 is 1.08 bits per heavy atom. The lowest BCUT2D eigenvalue weighted by molar-refractivity contribution is -0.132. The second kappa shape index (κ2) is 8.18. The fourth-order valence-corrected chi connectivity index (χ4v) is 2.57. The van der Waals surface area contributed by atoms with Crippen molar-refractivity contribution in [2.45, 2.75) is 19.5 Å². The molecule has 0 aliphatic carbocycles. The molecule has 2 aromatic rings. The lowest BCUT2D eigenvalue weighted by Gasteiger charge is -2.22. The lowest BCUT2D eigenvalue weighted by atomic mass is 10.2. The smallest absolute Gasteiger partial charge is 0.251 e. The topological polar surface area (TPSA) is 49.4 Å². The van der Waals surface area contributed by atoms with Crippen LogP contribution in [0.2, 0.25) is 10.0 Å². The lowest BCUT2D eigenvalue weighted by Crippen LogP contribution is -2.45. The third-order valence-corrected chi connectivity index (χ3v) is 4.27. The predicted octanol–water partition coefficient (Wildman–Crippen LogP) is 3.77. The number of amides is 2. The SMILES string of the molecule is C[C@H](NC(=O)c1ccccc1)C(=O)N(C)Cc1ccc(Cl)c(Cl)c1. The molecule has 0 unspecified atom stereocenters. The highest BCUT2D eigenvalue weighted by Crippen LogP contribution is 2.23. The van der Waals surface area contributed by atoms with Gasteiger partial charge in [0.15, 0.2) is 0 Å². The summed E-state index contributed by atoms with van der Waals surface area (Å²) in [6.07, 6.45) is 0. The van der Waals surface area contributed by atoms with Gasteiger partial charge in [0.05, 0.1) is 10.0 Å². The molecule has 0 heterocycles. The summed E-state index contributed by atoms with van der Waals surface area (Å²) in [5.74, 6) is -0.468. The average molecular weight is 365 g/mol. The number of likely N-dealkylation sites (N-methyl/N-ethyl adjacent to an activating group) is 1. The highest BCUT2D eigenvalue weighted by atomic mass is 35.5. The summed E-state index contributed by atoms with van der Waals surface area (Å²) in [6.45, 7) is 2.04. The minimum Gasteiger partial charge on any atom is -0.341 e. The summed E-state index contributed by atoms with van der Waals surface area (Å²) >= 11 is 11.9. The number of hydrogen-bond donors (Lipinski definition) is 1. The van der Waals surface area contributed by atoms with Crippen LogP contribution in [0.5, 0.6) is 0 Å². The molecule has 0 spiro atoms. The van der Waals surface area contributed by atoms with Gasteiger partial charge < -0.3 is 10.2 Å². The minimum absolute atomic E-state index is 0.189. The molecule has 6 heteroatoms. The first-order chi connectivity index (χ1) is 11.4. The molecule has 0 saturated carbocycles. The Morgan fingerprint density at radius 2 is 1.75 bits per heavy atom. The molecule has 2 aromatic carbocycles. The van der Waals surface area contributed by atoms with E-state index < -0.39 is 6.04 Å². The van der Waals surface area contributed by atoms with Crippen molar-refractivity contribution in [1.82, 2.24) is 10.2 Å². The van der Waals surface area contributed by atoms with Crippen LogP contribution >= 0.6 is 23.2 Å². The van der Waals surface area contributed by atoms with E-state index in [0.717, 1.165) is 5.56 Å². The van der Waals surface area contributed by atoms with Crippen molar-refractivity contribution < 1.29 is 9.59 Å². The highest BCUT2D eigenvalue weighted by Gasteiger charge is 2.20. The molecule has 0 aliphatic rings. The van der Waals surface area contributed by atoms with Crippen molar-refractivity contribution in [2.75, 3.05) is 7.05 Å². The molecule has 0 fully saturated rings. The van der Waals surface area contributed by atoms with E-state index >= 15 is 0 Å². The van der Waals surface area contributed by atoms with Crippen LogP contribution in [0.4, 0.5) is 0 Å². The van der Waals surface area contributed by atoms with E-state index in [9.17, 15) is 9.59 Å². The quantitative estimate of drug-likeness (QED) is 0.877. The molecule has 1 atom stereocenters. The van der Waals surface area contributed by atoms with Crippen LogP contribution in [-0.2, 0) is 11.3 Å². The van der Waals surface area contributed by atoms with Gasteiger partial charge in [0.1, 0.15) is 6.04 Å². The van der Waals surface area contributed by atoms with E-state index in [-0.39, 0.29) is 11.8 Å². The summed E-state index contributed by atoms with van der Waals surface area (Å²) in [7, 11) is 1.68. The number of nitrogens with zero attached hydrogens (tertiary/aromatic N) is 1. The van der Waals surface area contributed by atoms with Gasteiger partial charge in [-0.2, -0.15) is 0 Å². The van der Waals surface area contributed by atoms with Crippen molar-refractivity contribution in [2.24, 2.45) is 0 Å². The zero-order valence-electron chi connectivity index (χ0n) is 13.4. The van der Waals surface area contributed by atoms with Gasteiger partial charge in [0.25, 0.3) is 5.91 Å². The molecule has 2 rings (SSSR count). The van der Waals surface area contributed by atoms with Gasteiger partial charge in [-0.3, -0.25) is 9.59 Å². The van der Waals surface area contributed by atoms with Gasteiger partial charge in [0, 0.05) is 19.2 Å². The van der Waals surface area contributed by atoms with Gasteiger partial charge in [0.2, 0.25) is 5.91 Å². The first kappa shape index (κ1) is 18.3. The van der Waals surface area contributed by atoms with Crippen molar-refractivity contribution in [3.05, 3.63) is 69.7 Å². The van der Waals surface area contributed by atoms with Crippen molar-refractivity contribution in [1.29, 1.82) is 0 Å². The third-order valence-electron chi connectivity index (χ3n) is 3.53. The number of nitrogens with one attached hydrogen (secondary N) is 1. The fourth-order valence-electron chi connectivity index (χ4n) is 2.25. The number of hydrogen-bond acceptors (Lipinski definition) is 2. The van der Waals surface area contributed by atoms with Crippen LogP contribution in [-0.4, -0.2) is 29.8 Å². The standard InChI is InChI=1S/C18H18Cl2N2O2/c1-12(21-17(23)14-6-4-3-5-7-14)18(24)22(2)11-13-8-9-15(19)16(20)10-13/h3-10,12H,11H2,1-2H3,(H,21,23)/t12-/m0/s1. The van der Waals surface area contributed by atoms with E-state index in [0.29, 0.717) is 22.2 Å². The van der Waals surface area contributed by atoms with Crippen LogP contribution in [0, 0.1) is 0 Å². The summed E-state index contributed by atoms with van der Waals surface area (Å²) < 4.78 is 0. The molecule has 2 amide bonds. The molecule has 0 aromatic heterocycles. The Labute approximate surface area is 151 Å². The zero-order chi connectivity index (χ0) is 17.7. The maximum Gasteiger partial charge on any atom is 0.251 e. The molecule has 126 valence electrons. The molecule has 0 saturated heterocycles. The molecule has 0 aliphatic heterocycles. The number of carbonyl (C=O) groups excluding carboxylic acids is 2. The summed E-state index contributed by atoms with van der Waals surface area (Å²) in [6, 6.07) is 13.4. The maximum atomic E-state index is 12.4. The number of carbonyl (C=O) groups is 2. The first-order valence-electron chi connectivity index (χ1n) is 7.43. The Balaban J connectivity index is 1.96. The zero-order valence-corrected chi connectivity index (χ0v) is 14.9. The van der Waals surface area contributed by atoms with Crippen molar-refractivity contribution in [3.63, 3.8) is 0 Å². The van der Waals surface area contributed by atoms with Crippen LogP contribution in [0.15, 0.2) is 48.5 Å². The van der Waals surface area contributed by atoms with Gasteiger partial charge in [-0.15, -0.1) is 0 Å². The number of benzene rings is 2. The van der Waals surface area contributed by atoms with E-state index in [1.807, 2.05) is 12.1 Å². The Kier molecular flexibility index (Phi) is 6.23. The van der Waals surface area contributed by atoms with Crippen LogP contribution < -0.4 is 5.32 Å². The van der Waals surface area contributed by atoms with E-state index in [1.165, 1.54) is 4.90 Å². The van der Waals surface area contributed by atoms with E-state index in [4.69, 9.17) is 23.2 Å². The summed E-state index contributed by atoms with van der Waals surface area (Å²) in [4.78, 5) is 26.1. The van der Waals surface area contributed by atoms with Gasteiger partial charge in [-0.1, -0.05) is 47.5 Å². The van der Waals surface area contributed by atoms with Crippen LogP contribution in [0.1, 0.15) is 22.8 Å². The Hall–Kier alpha value is -2.04. The fraction of sp³-hybridized carbons (Fsp3) is 0.222. The largest absolute Gasteiger partial charge is 0.341 e. The minimum atomic E-state index is -0.634. The first-order valence-corrected chi connectivity index (χ1v) is 8.19. The summed E-state index contributed by atoms with van der Waals surface area (Å²) in [5, 5.41) is 3.62. The van der Waals surface area contributed by atoms with Gasteiger partial charge in [-0.25, -0.2) is 0 Å². The molecule has 0 bridgehead atoms. The maximum absolute atomic E-state index is 12.4. The highest BCUT2D eigenvalue weighted by molar-refractivity contribution is 6.42. The monoisotopic (exact) mass is 364 g/mol. The normalized spacial score (nSPS) is 11.7. The van der Waals surface area contributed by atoms with E-state index in [1.54, 1.807) is 50.4 Å². The second-order valence-electron chi connectivity index (χ2n) is 5.50. The van der Waals surface area contributed by atoms with Crippen molar-refractivity contribution in [3.8, 4) is 0 Å². The second-order valence-corrected chi connectivity index (χ2v) is 6.32. The average Bonchev–Trinajstić information content (AvgIpc) is 2.58. The van der Waals surface area contributed by atoms with E-state index in [2.05, 4.69) is 5.32 Å². The van der Waals surface area contributed by atoms with Crippen LogP contribution in [0.25, 0.3) is 0 Å². The van der Waals surface area contributed by atoms with Gasteiger partial charge >= 0.3 is 0 Å². The van der Waals surface area contributed by atoms with Crippen LogP contribution in [0.3, 0.4) is 0 Å². The number of halogens is 2.